The van der Waals surface area contributed by atoms with Crippen LogP contribution in [0.3, 0.4) is 0 Å². The molecule has 0 aliphatic carbocycles. The van der Waals surface area contributed by atoms with E-state index in [4.69, 9.17) is 9.47 Å². The van der Waals surface area contributed by atoms with E-state index < -0.39 is 0 Å². The molecule has 4 heteroatoms. The van der Waals surface area contributed by atoms with Crippen molar-refractivity contribution in [1.82, 2.24) is 5.32 Å². The molecule has 118 valence electrons. The lowest BCUT2D eigenvalue weighted by molar-refractivity contribution is 0.0496. The van der Waals surface area contributed by atoms with Gasteiger partial charge in [0.05, 0.1) is 11.1 Å². The van der Waals surface area contributed by atoms with Crippen LogP contribution in [0.1, 0.15) is 44.7 Å². The minimum atomic E-state index is 0.366. The third-order valence-electron chi connectivity index (χ3n) is 3.97. The smallest absolute Gasteiger partial charge is 0.133 e. The van der Waals surface area contributed by atoms with Gasteiger partial charge in [-0.05, 0) is 72.3 Å². The Morgan fingerprint density at radius 2 is 2.14 bits per heavy atom. The molecule has 1 aromatic rings. The lowest BCUT2D eigenvalue weighted by atomic mass is 10.0. The molecule has 1 atom stereocenters. The van der Waals surface area contributed by atoms with Crippen LogP contribution in [0.25, 0.3) is 0 Å². The molecule has 1 heterocycles. The zero-order valence-electron chi connectivity index (χ0n) is 13.0. The van der Waals surface area contributed by atoms with E-state index in [2.05, 4.69) is 53.3 Å². The largest absolute Gasteiger partial charge is 0.492 e. The van der Waals surface area contributed by atoms with Crippen LogP contribution in [0.2, 0.25) is 0 Å². The average molecular weight is 356 g/mol. The Hall–Kier alpha value is -0.580. The molecule has 1 aliphatic rings. The molecule has 1 saturated heterocycles. The Morgan fingerprint density at radius 1 is 1.38 bits per heavy atom. The minimum Gasteiger partial charge on any atom is -0.492 e. The summed E-state index contributed by atoms with van der Waals surface area (Å²) in [5.74, 6) is 1.56. The number of rotatable bonds is 7. The molecule has 0 radical (unpaired) electrons. The Bertz CT molecular complexity index is 433. The molecule has 0 aromatic heterocycles. The molecule has 2 rings (SSSR count). The van der Waals surface area contributed by atoms with E-state index in [1.165, 1.54) is 5.56 Å². The Labute approximate surface area is 136 Å². The molecular formula is C17H26BrNO2. The molecule has 1 aliphatic heterocycles. The highest BCUT2D eigenvalue weighted by Crippen LogP contribution is 2.29. The van der Waals surface area contributed by atoms with Crippen LogP contribution in [0.5, 0.6) is 5.75 Å². The number of nitrogens with one attached hydrogen (secondary N) is 1. The Kier molecular flexibility index (Phi) is 7.00. The third kappa shape index (κ3) is 5.28. The van der Waals surface area contributed by atoms with Gasteiger partial charge in [-0.2, -0.15) is 0 Å². The van der Waals surface area contributed by atoms with Crippen molar-refractivity contribution in [2.24, 2.45) is 5.92 Å². The van der Waals surface area contributed by atoms with Gasteiger partial charge in [0.25, 0.3) is 0 Å². The van der Waals surface area contributed by atoms with Gasteiger partial charge in [-0.3, -0.25) is 0 Å². The lowest BCUT2D eigenvalue weighted by Gasteiger charge is -2.22. The van der Waals surface area contributed by atoms with Crippen molar-refractivity contribution in [3.63, 3.8) is 0 Å². The third-order valence-corrected chi connectivity index (χ3v) is 4.59. The van der Waals surface area contributed by atoms with Gasteiger partial charge in [-0.1, -0.05) is 13.0 Å². The molecule has 0 saturated carbocycles. The summed E-state index contributed by atoms with van der Waals surface area (Å²) in [5, 5.41) is 3.50. The summed E-state index contributed by atoms with van der Waals surface area (Å²) in [6.07, 6.45) is 3.36. The highest BCUT2D eigenvalue weighted by atomic mass is 79.9. The molecule has 3 nitrogen and oxygen atoms in total. The number of hydrogen-bond acceptors (Lipinski definition) is 3. The fourth-order valence-electron chi connectivity index (χ4n) is 2.50. The zero-order valence-corrected chi connectivity index (χ0v) is 14.6. The summed E-state index contributed by atoms with van der Waals surface area (Å²) in [4.78, 5) is 0. The van der Waals surface area contributed by atoms with Crippen molar-refractivity contribution in [2.45, 2.75) is 39.2 Å². The van der Waals surface area contributed by atoms with E-state index in [0.717, 1.165) is 55.9 Å². The molecule has 0 bridgehead atoms. The van der Waals surface area contributed by atoms with Crippen LogP contribution in [0, 0.1) is 5.92 Å². The first kappa shape index (κ1) is 16.8. The van der Waals surface area contributed by atoms with Gasteiger partial charge < -0.3 is 14.8 Å². The summed E-state index contributed by atoms with van der Waals surface area (Å²) < 4.78 is 12.4. The maximum absolute atomic E-state index is 5.97. The van der Waals surface area contributed by atoms with Gasteiger partial charge in [-0.15, -0.1) is 0 Å². The van der Waals surface area contributed by atoms with Crippen molar-refractivity contribution in [3.8, 4) is 5.75 Å². The zero-order chi connectivity index (χ0) is 15.1. The standard InChI is InChI=1S/C17H26BrNO2/c1-3-8-19-13(2)15-4-5-17(16(18)11-15)21-12-14-6-9-20-10-7-14/h4-5,11,13-14,19H,3,6-10,12H2,1-2H3. The summed E-state index contributed by atoms with van der Waals surface area (Å²) in [6.45, 7) is 7.94. The van der Waals surface area contributed by atoms with Crippen LogP contribution in [-0.4, -0.2) is 26.4 Å². The number of hydrogen-bond donors (Lipinski definition) is 1. The fraction of sp³-hybridized carbons (Fsp3) is 0.647. The molecule has 1 aromatic carbocycles. The highest BCUT2D eigenvalue weighted by Gasteiger charge is 2.15. The molecule has 1 unspecified atom stereocenters. The topological polar surface area (TPSA) is 30.5 Å². The van der Waals surface area contributed by atoms with Crippen LogP contribution >= 0.6 is 15.9 Å². The van der Waals surface area contributed by atoms with Crippen LogP contribution in [0.4, 0.5) is 0 Å². The van der Waals surface area contributed by atoms with Gasteiger partial charge in [-0.25, -0.2) is 0 Å². The number of benzene rings is 1. The monoisotopic (exact) mass is 355 g/mol. The van der Waals surface area contributed by atoms with Gasteiger partial charge in [0.1, 0.15) is 5.75 Å². The SMILES string of the molecule is CCCNC(C)c1ccc(OCC2CCOCC2)c(Br)c1. The summed E-state index contributed by atoms with van der Waals surface area (Å²) in [6, 6.07) is 6.75. The second kappa shape index (κ2) is 8.76. The van der Waals surface area contributed by atoms with Gasteiger partial charge in [0, 0.05) is 19.3 Å². The maximum Gasteiger partial charge on any atom is 0.133 e. The summed E-state index contributed by atoms with van der Waals surface area (Å²) in [5.41, 5.74) is 1.29. The first-order valence-electron chi connectivity index (χ1n) is 7.94. The Morgan fingerprint density at radius 3 is 2.81 bits per heavy atom. The minimum absolute atomic E-state index is 0.366. The number of halogens is 1. The van der Waals surface area contributed by atoms with Crippen molar-refractivity contribution >= 4 is 15.9 Å². The molecule has 1 N–H and O–H groups in total. The van der Waals surface area contributed by atoms with Crippen molar-refractivity contribution in [2.75, 3.05) is 26.4 Å². The second-order valence-corrected chi connectivity index (χ2v) is 6.59. The first-order valence-corrected chi connectivity index (χ1v) is 8.73. The lowest BCUT2D eigenvalue weighted by Crippen LogP contribution is -2.21. The molecular weight excluding hydrogens is 330 g/mol. The van der Waals surface area contributed by atoms with Gasteiger partial charge in [0.15, 0.2) is 0 Å². The second-order valence-electron chi connectivity index (χ2n) is 5.73. The van der Waals surface area contributed by atoms with Crippen molar-refractivity contribution in [1.29, 1.82) is 0 Å². The van der Waals surface area contributed by atoms with Crippen molar-refractivity contribution < 1.29 is 9.47 Å². The van der Waals surface area contributed by atoms with Crippen LogP contribution < -0.4 is 10.1 Å². The van der Waals surface area contributed by atoms with Crippen LogP contribution in [0.15, 0.2) is 22.7 Å². The van der Waals surface area contributed by atoms with E-state index in [0.29, 0.717) is 12.0 Å². The quantitative estimate of drug-likeness (QED) is 0.790. The van der Waals surface area contributed by atoms with Gasteiger partial charge >= 0.3 is 0 Å². The Balaban J connectivity index is 1.89. The van der Waals surface area contributed by atoms with Crippen LogP contribution in [-0.2, 0) is 4.74 Å². The van der Waals surface area contributed by atoms with Gasteiger partial charge in [0.2, 0.25) is 0 Å². The normalized spacial score (nSPS) is 17.7. The predicted octanol–water partition coefficient (Wildman–Crippen LogP) is 4.32. The molecule has 0 spiro atoms. The predicted molar refractivity (Wildman–Crippen MR) is 89.9 cm³/mol. The average Bonchev–Trinajstić information content (AvgIpc) is 2.52. The van der Waals surface area contributed by atoms with E-state index in [9.17, 15) is 0 Å². The molecule has 0 amide bonds. The molecule has 1 fully saturated rings. The van der Waals surface area contributed by atoms with E-state index in [1.807, 2.05) is 0 Å². The van der Waals surface area contributed by atoms with E-state index in [-0.39, 0.29) is 0 Å². The fourth-order valence-corrected chi connectivity index (χ4v) is 3.01. The van der Waals surface area contributed by atoms with E-state index >= 15 is 0 Å². The highest BCUT2D eigenvalue weighted by molar-refractivity contribution is 9.10. The first-order chi connectivity index (χ1) is 10.2. The summed E-state index contributed by atoms with van der Waals surface area (Å²) >= 11 is 3.63. The maximum atomic E-state index is 5.97. The number of ether oxygens (including phenoxy) is 2. The van der Waals surface area contributed by atoms with Crippen molar-refractivity contribution in [3.05, 3.63) is 28.2 Å². The van der Waals surface area contributed by atoms with E-state index in [1.54, 1.807) is 0 Å². The molecule has 21 heavy (non-hydrogen) atoms. The summed E-state index contributed by atoms with van der Waals surface area (Å²) in [7, 11) is 0.